The fourth-order valence-corrected chi connectivity index (χ4v) is 5.66. The summed E-state index contributed by atoms with van der Waals surface area (Å²) in [5.41, 5.74) is 0. The number of hydrogen-bond donors (Lipinski definition) is 1. The lowest BCUT2D eigenvalue weighted by atomic mass is 10.00. The second-order valence-corrected chi connectivity index (χ2v) is 8.88. The Kier molecular flexibility index (Phi) is 8.96. The number of nitrogens with one attached hydrogen (secondary N) is 1. The summed E-state index contributed by atoms with van der Waals surface area (Å²) in [7, 11) is 0. The summed E-state index contributed by atoms with van der Waals surface area (Å²) in [6.45, 7) is 4.45. The zero-order valence-corrected chi connectivity index (χ0v) is 17.1. The lowest BCUT2D eigenvalue weighted by Gasteiger charge is -2.26. The van der Waals surface area contributed by atoms with Crippen molar-refractivity contribution < 1.29 is 14.4 Å². The molecule has 5 nitrogen and oxygen atoms in total. The standard InChI is InChI=1S/C20H34N2O3S/c1-3-22-19-17(21-20(22)25)14-26-18(19)13-9-8-12-16(24)11-7-5-4-6-10-15(2)23/h17-19H,3-14H2,1-2H3,(H,21,25)/t17-,18-,19-/m0/s1. The Hall–Kier alpha value is -1.04. The molecule has 0 aromatic rings. The van der Waals surface area contributed by atoms with E-state index in [1.54, 1.807) is 6.92 Å². The minimum absolute atomic E-state index is 0.0891. The van der Waals surface area contributed by atoms with E-state index in [4.69, 9.17) is 0 Å². The second-order valence-electron chi connectivity index (χ2n) is 7.61. The molecule has 3 atom stereocenters. The molecule has 0 bridgehead atoms. The van der Waals surface area contributed by atoms with Crippen molar-refractivity contribution >= 4 is 29.4 Å². The van der Waals surface area contributed by atoms with Crippen LogP contribution in [0.3, 0.4) is 0 Å². The lowest BCUT2D eigenvalue weighted by molar-refractivity contribution is -0.119. The monoisotopic (exact) mass is 382 g/mol. The Bertz CT molecular complexity index is 497. The van der Waals surface area contributed by atoms with Crippen molar-refractivity contribution in [1.29, 1.82) is 0 Å². The first-order valence-corrected chi connectivity index (χ1v) is 11.3. The molecule has 2 fully saturated rings. The van der Waals surface area contributed by atoms with Crippen LogP contribution in [0, 0.1) is 0 Å². The van der Waals surface area contributed by atoms with Crippen molar-refractivity contribution in [2.24, 2.45) is 0 Å². The number of urea groups is 1. The van der Waals surface area contributed by atoms with Crippen LogP contribution in [0.2, 0.25) is 0 Å². The largest absolute Gasteiger partial charge is 0.332 e. The fraction of sp³-hybridized carbons (Fsp3) is 0.850. The first-order chi connectivity index (χ1) is 12.5. The molecular formula is C20H34N2O3S. The SMILES string of the molecule is CCN1C(=O)N[C@H]2CS[C@@H](CCCCC(=O)CCCCCCC(C)=O)[C@H]21. The van der Waals surface area contributed by atoms with Gasteiger partial charge in [-0.1, -0.05) is 19.3 Å². The van der Waals surface area contributed by atoms with Gasteiger partial charge >= 0.3 is 6.03 Å². The molecule has 1 N–H and O–H groups in total. The third-order valence-corrected chi connectivity index (χ3v) is 6.98. The van der Waals surface area contributed by atoms with Crippen molar-refractivity contribution in [3.8, 4) is 0 Å². The maximum atomic E-state index is 12.0. The Morgan fingerprint density at radius 3 is 2.38 bits per heavy atom. The van der Waals surface area contributed by atoms with Gasteiger partial charge in [0.25, 0.3) is 0 Å². The number of carbonyl (C=O) groups is 3. The van der Waals surface area contributed by atoms with Crippen molar-refractivity contribution in [2.75, 3.05) is 12.3 Å². The van der Waals surface area contributed by atoms with Crippen LogP contribution >= 0.6 is 11.8 Å². The molecule has 26 heavy (non-hydrogen) atoms. The van der Waals surface area contributed by atoms with E-state index in [1.165, 1.54) is 0 Å². The van der Waals surface area contributed by atoms with Gasteiger partial charge in [0.2, 0.25) is 0 Å². The Labute approximate surface area is 162 Å². The molecule has 2 amide bonds. The van der Waals surface area contributed by atoms with Gasteiger partial charge < -0.3 is 15.0 Å². The molecular weight excluding hydrogens is 348 g/mol. The number of ketones is 2. The predicted octanol–water partition coefficient (Wildman–Crippen LogP) is 3.94. The van der Waals surface area contributed by atoms with Crippen molar-refractivity contribution in [1.82, 2.24) is 10.2 Å². The van der Waals surface area contributed by atoms with E-state index in [9.17, 15) is 14.4 Å². The Morgan fingerprint density at radius 2 is 1.73 bits per heavy atom. The molecule has 6 heteroatoms. The number of unbranched alkanes of at least 4 members (excludes halogenated alkanes) is 4. The highest BCUT2D eigenvalue weighted by Gasteiger charge is 2.47. The quantitative estimate of drug-likeness (QED) is 0.387. The van der Waals surface area contributed by atoms with Gasteiger partial charge in [0.05, 0.1) is 12.1 Å². The summed E-state index contributed by atoms with van der Waals surface area (Å²) in [5, 5.41) is 3.60. The van der Waals surface area contributed by atoms with Gasteiger partial charge in [-0.25, -0.2) is 4.79 Å². The maximum Gasteiger partial charge on any atom is 0.318 e. The number of thioether (sulfide) groups is 1. The van der Waals surface area contributed by atoms with E-state index >= 15 is 0 Å². The first kappa shape index (κ1) is 21.3. The summed E-state index contributed by atoms with van der Waals surface area (Å²) < 4.78 is 0. The van der Waals surface area contributed by atoms with Crippen molar-refractivity contribution in [3.05, 3.63) is 0 Å². The van der Waals surface area contributed by atoms with Crippen LogP contribution in [0.4, 0.5) is 4.79 Å². The van der Waals surface area contributed by atoms with E-state index in [2.05, 4.69) is 5.32 Å². The van der Waals surface area contributed by atoms with E-state index in [0.29, 0.717) is 42.4 Å². The molecule has 2 rings (SSSR count). The molecule has 148 valence electrons. The number of carbonyl (C=O) groups excluding carboxylic acids is 3. The summed E-state index contributed by atoms with van der Waals surface area (Å²) in [6.07, 6.45) is 9.18. The van der Waals surface area contributed by atoms with E-state index < -0.39 is 0 Å². The highest BCUT2D eigenvalue weighted by atomic mass is 32.2. The molecule has 0 saturated carbocycles. The maximum absolute atomic E-state index is 12.0. The normalized spacial score (nSPS) is 24.6. The zero-order valence-electron chi connectivity index (χ0n) is 16.3. The summed E-state index contributed by atoms with van der Waals surface area (Å²) in [6, 6.07) is 0.733. The number of fused-ring (bicyclic) bond motifs is 1. The molecule has 2 saturated heterocycles. The minimum atomic E-state index is 0.0891. The van der Waals surface area contributed by atoms with Crippen LogP contribution < -0.4 is 5.32 Å². The number of hydrogen-bond acceptors (Lipinski definition) is 4. The van der Waals surface area contributed by atoms with E-state index in [0.717, 1.165) is 57.2 Å². The highest BCUT2D eigenvalue weighted by molar-refractivity contribution is 8.00. The third-order valence-electron chi connectivity index (χ3n) is 5.48. The zero-order chi connectivity index (χ0) is 18.9. The number of rotatable bonds is 13. The van der Waals surface area contributed by atoms with Crippen LogP contribution in [-0.2, 0) is 9.59 Å². The number of likely N-dealkylation sites (N-methyl/N-ethyl adjacent to an activating group) is 1. The van der Waals surface area contributed by atoms with Crippen LogP contribution in [0.1, 0.15) is 78.1 Å². The number of amides is 2. The van der Waals surface area contributed by atoms with Crippen LogP contribution in [0.25, 0.3) is 0 Å². The average Bonchev–Trinajstić information content (AvgIpc) is 3.12. The molecule has 2 aliphatic rings. The molecule has 0 aromatic carbocycles. The smallest absolute Gasteiger partial charge is 0.318 e. The molecule has 0 radical (unpaired) electrons. The van der Waals surface area contributed by atoms with Crippen LogP contribution in [0.5, 0.6) is 0 Å². The summed E-state index contributed by atoms with van der Waals surface area (Å²) in [4.78, 5) is 36.7. The van der Waals surface area contributed by atoms with E-state index in [-0.39, 0.29) is 11.8 Å². The van der Waals surface area contributed by atoms with Gasteiger partial charge in [-0.05, 0) is 39.5 Å². The van der Waals surface area contributed by atoms with Gasteiger partial charge in [-0.2, -0.15) is 11.8 Å². The summed E-state index contributed by atoms with van der Waals surface area (Å²) in [5.74, 6) is 1.65. The van der Waals surface area contributed by atoms with Crippen molar-refractivity contribution in [3.63, 3.8) is 0 Å². The Morgan fingerprint density at radius 1 is 1.08 bits per heavy atom. The predicted molar refractivity (Wildman–Crippen MR) is 107 cm³/mol. The molecule has 0 unspecified atom stereocenters. The molecule has 2 heterocycles. The van der Waals surface area contributed by atoms with Gasteiger partial charge in [0, 0.05) is 36.8 Å². The summed E-state index contributed by atoms with van der Waals surface area (Å²) >= 11 is 1.97. The lowest BCUT2D eigenvalue weighted by Crippen LogP contribution is -2.40. The topological polar surface area (TPSA) is 66.5 Å². The molecule has 0 spiro atoms. The number of nitrogens with zero attached hydrogens (tertiary/aromatic N) is 1. The van der Waals surface area contributed by atoms with Crippen molar-refractivity contribution in [2.45, 2.75) is 95.4 Å². The molecule has 0 aliphatic carbocycles. The minimum Gasteiger partial charge on any atom is -0.332 e. The third kappa shape index (κ3) is 6.29. The van der Waals surface area contributed by atoms with Gasteiger partial charge in [0.1, 0.15) is 11.6 Å². The number of Topliss-reactive ketones (excluding diaryl/α,β-unsaturated/α-hetero) is 2. The van der Waals surface area contributed by atoms with Crippen LogP contribution in [0.15, 0.2) is 0 Å². The van der Waals surface area contributed by atoms with Gasteiger partial charge in [-0.15, -0.1) is 0 Å². The van der Waals surface area contributed by atoms with Gasteiger partial charge in [-0.3, -0.25) is 4.79 Å². The average molecular weight is 383 g/mol. The highest BCUT2D eigenvalue weighted by Crippen LogP contribution is 2.37. The molecule has 2 aliphatic heterocycles. The first-order valence-electron chi connectivity index (χ1n) is 10.2. The van der Waals surface area contributed by atoms with Crippen LogP contribution in [-0.4, -0.2) is 52.1 Å². The molecule has 0 aromatic heterocycles. The van der Waals surface area contributed by atoms with Gasteiger partial charge in [0.15, 0.2) is 0 Å². The van der Waals surface area contributed by atoms with E-state index in [1.807, 2.05) is 23.6 Å². The Balaban J connectivity index is 1.53. The second kappa shape index (κ2) is 11.0. The fourth-order valence-electron chi connectivity index (χ4n) is 4.06.